The fourth-order valence-corrected chi connectivity index (χ4v) is 2.40. The predicted octanol–water partition coefficient (Wildman–Crippen LogP) is 1.14. The van der Waals surface area contributed by atoms with Gasteiger partial charge in [0.05, 0.1) is 6.04 Å². The molecule has 0 spiro atoms. The van der Waals surface area contributed by atoms with E-state index in [2.05, 4.69) is 29.1 Å². The minimum absolute atomic E-state index is 0.0857. The maximum atomic E-state index is 11.9. The molecule has 104 valence electrons. The minimum atomic E-state index is -0.243. The number of likely N-dealkylation sites (tertiary alicyclic amines) is 1. The molecule has 1 fully saturated rings. The van der Waals surface area contributed by atoms with Crippen molar-refractivity contribution in [2.45, 2.75) is 45.3 Å². The molecule has 1 unspecified atom stereocenters. The van der Waals surface area contributed by atoms with Gasteiger partial charge in [0.1, 0.15) is 0 Å². The van der Waals surface area contributed by atoms with Crippen molar-refractivity contribution in [3.63, 3.8) is 0 Å². The normalized spacial score (nSPS) is 20.1. The van der Waals surface area contributed by atoms with Gasteiger partial charge in [0, 0.05) is 38.4 Å². The Kier molecular flexibility index (Phi) is 4.37. The first-order chi connectivity index (χ1) is 9.13. The summed E-state index contributed by atoms with van der Waals surface area (Å²) in [5, 5.41) is 3.26. The molecule has 1 N–H and O–H groups in total. The minimum Gasteiger partial charge on any atom is -0.350 e. The van der Waals surface area contributed by atoms with Crippen molar-refractivity contribution in [1.82, 2.24) is 14.8 Å². The maximum Gasteiger partial charge on any atom is 0.246 e. The first-order valence-electron chi connectivity index (χ1n) is 6.81. The smallest absolute Gasteiger partial charge is 0.246 e. The van der Waals surface area contributed by atoms with E-state index in [0.717, 1.165) is 13.0 Å². The molecule has 1 aromatic rings. The molecule has 2 heterocycles. The number of aromatic nitrogens is 1. The molecule has 1 aliphatic heterocycles. The molecule has 1 aliphatic rings. The fourth-order valence-electron chi connectivity index (χ4n) is 2.40. The lowest BCUT2D eigenvalue weighted by Gasteiger charge is -2.28. The average molecular weight is 263 g/mol. The molecule has 0 saturated carbocycles. The van der Waals surface area contributed by atoms with E-state index in [0.29, 0.717) is 19.4 Å². The van der Waals surface area contributed by atoms with Crippen molar-refractivity contribution in [2.24, 2.45) is 0 Å². The highest BCUT2D eigenvalue weighted by Crippen LogP contribution is 2.12. The summed E-state index contributed by atoms with van der Waals surface area (Å²) in [4.78, 5) is 24.6. The lowest BCUT2D eigenvalue weighted by atomic mass is 10.0. The van der Waals surface area contributed by atoms with Crippen LogP contribution in [0.15, 0.2) is 18.3 Å². The number of hydrogen-bond acceptors (Lipinski definition) is 3. The van der Waals surface area contributed by atoms with Crippen molar-refractivity contribution in [3.05, 3.63) is 24.0 Å². The third-order valence-corrected chi connectivity index (χ3v) is 3.57. The van der Waals surface area contributed by atoms with Gasteiger partial charge in [-0.3, -0.25) is 14.5 Å². The van der Waals surface area contributed by atoms with Crippen LogP contribution in [0.4, 0.5) is 0 Å². The number of aryl methyl sites for hydroxylation is 1. The molecular formula is C14H21N3O2. The molecule has 0 bridgehead atoms. The van der Waals surface area contributed by atoms with Gasteiger partial charge < -0.3 is 9.88 Å². The van der Waals surface area contributed by atoms with Gasteiger partial charge in [-0.05, 0) is 25.0 Å². The van der Waals surface area contributed by atoms with Crippen LogP contribution in [0.1, 0.15) is 31.9 Å². The van der Waals surface area contributed by atoms with Crippen LogP contribution in [-0.2, 0) is 22.7 Å². The highest BCUT2D eigenvalue weighted by molar-refractivity contribution is 6.00. The van der Waals surface area contributed by atoms with Gasteiger partial charge in [0.2, 0.25) is 11.8 Å². The summed E-state index contributed by atoms with van der Waals surface area (Å²) in [5.41, 5.74) is 1.18. The lowest BCUT2D eigenvalue weighted by molar-refractivity contribution is -0.148. The molecule has 1 saturated heterocycles. The summed E-state index contributed by atoms with van der Waals surface area (Å²) in [6.45, 7) is 3.79. The van der Waals surface area contributed by atoms with E-state index >= 15 is 0 Å². The molecule has 1 aromatic heterocycles. The van der Waals surface area contributed by atoms with Crippen LogP contribution in [0.3, 0.4) is 0 Å². The van der Waals surface area contributed by atoms with E-state index < -0.39 is 0 Å². The first kappa shape index (κ1) is 13.8. The zero-order chi connectivity index (χ0) is 13.8. The largest absolute Gasteiger partial charge is 0.350 e. The van der Waals surface area contributed by atoms with Crippen molar-refractivity contribution in [1.29, 1.82) is 0 Å². The third kappa shape index (κ3) is 3.04. The monoisotopic (exact) mass is 263 g/mol. The highest BCUT2D eigenvalue weighted by atomic mass is 16.2. The van der Waals surface area contributed by atoms with Crippen LogP contribution in [0, 0.1) is 0 Å². The Balaban J connectivity index is 1.93. The molecule has 2 amide bonds. The van der Waals surface area contributed by atoms with E-state index in [4.69, 9.17) is 0 Å². The molecule has 19 heavy (non-hydrogen) atoms. The summed E-state index contributed by atoms with van der Waals surface area (Å²) in [7, 11) is 1.55. The molecule has 0 radical (unpaired) electrons. The topological polar surface area (TPSA) is 54.3 Å². The summed E-state index contributed by atoms with van der Waals surface area (Å²) < 4.78 is 2.19. The summed E-state index contributed by atoms with van der Waals surface area (Å²) in [6.07, 6.45) is 4.17. The van der Waals surface area contributed by atoms with E-state index in [1.54, 1.807) is 7.05 Å². The first-order valence-corrected chi connectivity index (χ1v) is 6.81. The van der Waals surface area contributed by atoms with E-state index in [9.17, 15) is 9.59 Å². The SMILES string of the molecule is CCCn1cccc1CNC1CCC(=O)N(C)C1=O. The Morgan fingerprint density at radius 3 is 2.95 bits per heavy atom. The number of rotatable bonds is 5. The molecule has 5 nitrogen and oxygen atoms in total. The second kappa shape index (κ2) is 6.02. The Hall–Kier alpha value is -1.62. The van der Waals surface area contributed by atoms with Crippen LogP contribution in [-0.4, -0.2) is 34.4 Å². The summed E-state index contributed by atoms with van der Waals surface area (Å²) >= 11 is 0. The number of nitrogens with zero attached hydrogens (tertiary/aromatic N) is 2. The molecular weight excluding hydrogens is 242 g/mol. The number of carbonyl (C=O) groups is 2. The highest BCUT2D eigenvalue weighted by Gasteiger charge is 2.31. The zero-order valence-electron chi connectivity index (χ0n) is 11.6. The Bertz CT molecular complexity index is 467. The number of imide groups is 1. The van der Waals surface area contributed by atoms with Crippen LogP contribution in [0.5, 0.6) is 0 Å². The molecule has 0 aliphatic carbocycles. The number of likely N-dealkylation sites (N-methyl/N-ethyl adjacent to an activating group) is 1. The number of carbonyl (C=O) groups excluding carboxylic acids is 2. The van der Waals surface area contributed by atoms with Gasteiger partial charge in [-0.1, -0.05) is 6.92 Å². The van der Waals surface area contributed by atoms with Crippen LogP contribution in [0.25, 0.3) is 0 Å². The number of amides is 2. The van der Waals surface area contributed by atoms with Gasteiger partial charge >= 0.3 is 0 Å². The summed E-state index contributed by atoms with van der Waals surface area (Å²) in [6, 6.07) is 3.84. The van der Waals surface area contributed by atoms with Crippen LogP contribution < -0.4 is 5.32 Å². The maximum absolute atomic E-state index is 11.9. The van der Waals surface area contributed by atoms with Crippen molar-refractivity contribution < 1.29 is 9.59 Å². The number of nitrogens with one attached hydrogen (secondary N) is 1. The standard InChI is InChI=1S/C14H21N3O2/c1-3-8-17-9-4-5-11(17)10-15-12-6-7-13(18)16(2)14(12)19/h4-5,9,12,15H,3,6-8,10H2,1-2H3. The Morgan fingerprint density at radius 1 is 1.42 bits per heavy atom. The van der Waals surface area contributed by atoms with Crippen LogP contribution in [0.2, 0.25) is 0 Å². The Morgan fingerprint density at radius 2 is 2.21 bits per heavy atom. The van der Waals surface area contributed by atoms with Gasteiger partial charge in [0.15, 0.2) is 0 Å². The van der Waals surface area contributed by atoms with Crippen molar-refractivity contribution in [2.75, 3.05) is 7.05 Å². The molecule has 1 atom stereocenters. The average Bonchev–Trinajstić information content (AvgIpc) is 2.83. The van der Waals surface area contributed by atoms with E-state index in [1.165, 1.54) is 10.6 Å². The molecule has 5 heteroatoms. The third-order valence-electron chi connectivity index (χ3n) is 3.57. The van der Waals surface area contributed by atoms with Gasteiger partial charge in [0.25, 0.3) is 0 Å². The van der Waals surface area contributed by atoms with E-state index in [-0.39, 0.29) is 17.9 Å². The Labute approximate surface area is 113 Å². The molecule has 0 aromatic carbocycles. The molecule has 2 rings (SSSR count). The zero-order valence-corrected chi connectivity index (χ0v) is 11.6. The van der Waals surface area contributed by atoms with E-state index in [1.807, 2.05) is 6.07 Å². The van der Waals surface area contributed by atoms with Gasteiger partial charge in [-0.15, -0.1) is 0 Å². The van der Waals surface area contributed by atoms with Crippen LogP contribution >= 0.6 is 0 Å². The quantitative estimate of drug-likeness (QED) is 0.810. The van der Waals surface area contributed by atoms with Crippen molar-refractivity contribution in [3.8, 4) is 0 Å². The van der Waals surface area contributed by atoms with Gasteiger partial charge in [-0.2, -0.15) is 0 Å². The summed E-state index contributed by atoms with van der Waals surface area (Å²) in [5.74, 6) is -0.206. The predicted molar refractivity (Wildman–Crippen MR) is 72.4 cm³/mol. The van der Waals surface area contributed by atoms with Crippen molar-refractivity contribution >= 4 is 11.8 Å². The second-order valence-corrected chi connectivity index (χ2v) is 4.96. The number of piperidine rings is 1. The lowest BCUT2D eigenvalue weighted by Crippen LogP contribution is -2.51. The van der Waals surface area contributed by atoms with Gasteiger partial charge in [-0.25, -0.2) is 0 Å². The fraction of sp³-hybridized carbons (Fsp3) is 0.571. The number of hydrogen-bond donors (Lipinski definition) is 1. The second-order valence-electron chi connectivity index (χ2n) is 4.96.